The number of para-hydroxylation sites is 1. The van der Waals surface area contributed by atoms with Crippen molar-refractivity contribution in [3.8, 4) is 5.75 Å². The van der Waals surface area contributed by atoms with E-state index in [1.54, 1.807) is 6.20 Å². The molecule has 2 aromatic rings. The first kappa shape index (κ1) is 14.5. The maximum absolute atomic E-state index is 11.8. The van der Waals surface area contributed by atoms with Crippen molar-refractivity contribution in [2.24, 2.45) is 0 Å². The maximum Gasteiger partial charge on any atom is 0.228 e. The summed E-state index contributed by atoms with van der Waals surface area (Å²) in [5.41, 5.74) is 1.02. The van der Waals surface area contributed by atoms with Crippen molar-refractivity contribution in [2.75, 3.05) is 11.9 Å². The molecule has 104 valence electrons. The molecule has 0 atom stereocenters. The number of nitrogens with one attached hydrogen (secondary N) is 1. The van der Waals surface area contributed by atoms with Gasteiger partial charge in [0.2, 0.25) is 5.91 Å². The van der Waals surface area contributed by atoms with E-state index in [4.69, 9.17) is 4.74 Å². The van der Waals surface area contributed by atoms with Crippen LogP contribution in [0.2, 0.25) is 0 Å². The van der Waals surface area contributed by atoms with E-state index < -0.39 is 0 Å². The molecular formula is C15H15BrN2O2. The lowest BCUT2D eigenvalue weighted by atomic mass is 10.3. The van der Waals surface area contributed by atoms with E-state index in [9.17, 15) is 4.79 Å². The average molecular weight is 335 g/mol. The number of hydrogen-bond donors (Lipinski definition) is 1. The Morgan fingerprint density at radius 1 is 1.35 bits per heavy atom. The highest BCUT2D eigenvalue weighted by Crippen LogP contribution is 2.17. The third kappa shape index (κ3) is 4.35. The number of halogens is 1. The maximum atomic E-state index is 11.8. The fourth-order valence-electron chi connectivity index (χ4n) is 1.59. The zero-order chi connectivity index (χ0) is 14.4. The van der Waals surface area contributed by atoms with Gasteiger partial charge in [-0.05, 0) is 46.6 Å². The summed E-state index contributed by atoms with van der Waals surface area (Å²) < 4.78 is 6.39. The molecule has 0 unspecified atom stereocenters. The van der Waals surface area contributed by atoms with Crippen LogP contribution in [0.15, 0.2) is 47.1 Å². The summed E-state index contributed by atoms with van der Waals surface area (Å²) in [6, 6.07) is 11.2. The highest BCUT2D eigenvalue weighted by atomic mass is 79.9. The lowest BCUT2D eigenvalue weighted by Crippen LogP contribution is -2.16. The van der Waals surface area contributed by atoms with Gasteiger partial charge in [0.1, 0.15) is 11.6 Å². The van der Waals surface area contributed by atoms with E-state index in [0.717, 1.165) is 15.8 Å². The molecule has 20 heavy (non-hydrogen) atoms. The van der Waals surface area contributed by atoms with Crippen LogP contribution in [0.25, 0.3) is 0 Å². The third-order valence-corrected chi connectivity index (χ3v) is 3.49. The predicted molar refractivity (Wildman–Crippen MR) is 81.9 cm³/mol. The minimum atomic E-state index is -0.116. The van der Waals surface area contributed by atoms with Crippen molar-refractivity contribution in [1.82, 2.24) is 4.98 Å². The smallest absolute Gasteiger partial charge is 0.228 e. The minimum absolute atomic E-state index is 0.116. The first-order valence-corrected chi connectivity index (χ1v) is 7.04. The van der Waals surface area contributed by atoms with Gasteiger partial charge in [0.25, 0.3) is 0 Å². The number of nitrogens with zero attached hydrogens (tertiary/aromatic N) is 1. The van der Waals surface area contributed by atoms with Crippen LogP contribution in [-0.2, 0) is 4.79 Å². The van der Waals surface area contributed by atoms with E-state index in [1.807, 2.05) is 43.3 Å². The van der Waals surface area contributed by atoms with Crippen molar-refractivity contribution in [1.29, 1.82) is 0 Å². The van der Waals surface area contributed by atoms with Gasteiger partial charge in [0.05, 0.1) is 13.0 Å². The zero-order valence-electron chi connectivity index (χ0n) is 11.1. The molecule has 2 rings (SSSR count). The highest BCUT2D eigenvalue weighted by Gasteiger charge is 2.05. The Morgan fingerprint density at radius 3 is 2.80 bits per heavy atom. The van der Waals surface area contributed by atoms with Gasteiger partial charge in [0.15, 0.2) is 0 Å². The molecule has 0 aliphatic heterocycles. The summed E-state index contributed by atoms with van der Waals surface area (Å²) in [6.07, 6.45) is 1.96. The zero-order valence-corrected chi connectivity index (χ0v) is 12.7. The van der Waals surface area contributed by atoms with Gasteiger partial charge in [-0.1, -0.05) is 18.2 Å². The van der Waals surface area contributed by atoms with Gasteiger partial charge >= 0.3 is 0 Å². The Kier molecular flexibility index (Phi) is 5.12. The number of anilines is 1. The van der Waals surface area contributed by atoms with Gasteiger partial charge in [-0.15, -0.1) is 0 Å². The molecule has 0 spiro atoms. The SMILES string of the molecule is Cc1cc(NC(=O)CCOc2ccccc2)ncc1Br. The van der Waals surface area contributed by atoms with Crippen LogP contribution in [0.5, 0.6) is 5.75 Å². The number of benzene rings is 1. The molecule has 1 amide bonds. The highest BCUT2D eigenvalue weighted by molar-refractivity contribution is 9.10. The van der Waals surface area contributed by atoms with Crippen molar-refractivity contribution < 1.29 is 9.53 Å². The van der Waals surface area contributed by atoms with Crippen LogP contribution in [-0.4, -0.2) is 17.5 Å². The van der Waals surface area contributed by atoms with Crippen molar-refractivity contribution in [3.63, 3.8) is 0 Å². The monoisotopic (exact) mass is 334 g/mol. The number of pyridine rings is 1. The molecular weight excluding hydrogens is 320 g/mol. The summed E-state index contributed by atoms with van der Waals surface area (Å²) in [5.74, 6) is 1.20. The Hall–Kier alpha value is -1.88. The van der Waals surface area contributed by atoms with Gasteiger partial charge in [-0.25, -0.2) is 4.98 Å². The number of aromatic nitrogens is 1. The molecule has 0 aliphatic rings. The van der Waals surface area contributed by atoms with Crippen LogP contribution in [0, 0.1) is 6.92 Å². The van der Waals surface area contributed by atoms with E-state index in [0.29, 0.717) is 12.4 Å². The number of amides is 1. The first-order valence-electron chi connectivity index (χ1n) is 6.25. The summed E-state index contributed by atoms with van der Waals surface area (Å²) in [7, 11) is 0. The quantitative estimate of drug-likeness (QED) is 0.909. The number of rotatable bonds is 5. The second-order valence-electron chi connectivity index (χ2n) is 4.28. The van der Waals surface area contributed by atoms with Gasteiger partial charge in [-0.2, -0.15) is 0 Å². The second kappa shape index (κ2) is 7.05. The summed E-state index contributed by atoms with van der Waals surface area (Å²) in [5, 5.41) is 2.75. The Balaban J connectivity index is 1.79. The van der Waals surface area contributed by atoms with Gasteiger partial charge < -0.3 is 10.1 Å². The van der Waals surface area contributed by atoms with E-state index in [-0.39, 0.29) is 12.3 Å². The van der Waals surface area contributed by atoms with Crippen LogP contribution < -0.4 is 10.1 Å². The van der Waals surface area contributed by atoms with Crippen LogP contribution in [0.3, 0.4) is 0 Å². The molecule has 0 saturated carbocycles. The Labute approximate surface area is 126 Å². The van der Waals surface area contributed by atoms with Gasteiger partial charge in [0, 0.05) is 10.7 Å². The number of ether oxygens (including phenoxy) is 1. The normalized spacial score (nSPS) is 10.1. The molecule has 0 saturated heterocycles. The van der Waals surface area contributed by atoms with E-state index in [2.05, 4.69) is 26.2 Å². The van der Waals surface area contributed by atoms with Crippen LogP contribution in [0.4, 0.5) is 5.82 Å². The molecule has 1 aromatic heterocycles. The standard InChI is InChI=1S/C15H15BrN2O2/c1-11-9-14(17-10-13(11)16)18-15(19)7-8-20-12-5-3-2-4-6-12/h2-6,9-10H,7-8H2,1H3,(H,17,18,19). The molecule has 0 bridgehead atoms. The van der Waals surface area contributed by atoms with Crippen molar-refractivity contribution in [3.05, 3.63) is 52.6 Å². The fourth-order valence-corrected chi connectivity index (χ4v) is 1.81. The van der Waals surface area contributed by atoms with Gasteiger partial charge in [-0.3, -0.25) is 4.79 Å². The summed E-state index contributed by atoms with van der Waals surface area (Å²) in [6.45, 7) is 2.28. The lowest BCUT2D eigenvalue weighted by Gasteiger charge is -2.07. The molecule has 4 nitrogen and oxygen atoms in total. The second-order valence-corrected chi connectivity index (χ2v) is 5.13. The molecule has 1 N–H and O–H groups in total. The number of carbonyl (C=O) groups excluding carboxylic acids is 1. The molecule has 0 fully saturated rings. The molecule has 0 radical (unpaired) electrons. The van der Waals surface area contributed by atoms with Crippen LogP contribution >= 0.6 is 15.9 Å². The lowest BCUT2D eigenvalue weighted by molar-refractivity contribution is -0.116. The molecule has 1 aromatic carbocycles. The van der Waals surface area contributed by atoms with E-state index >= 15 is 0 Å². The third-order valence-electron chi connectivity index (χ3n) is 2.66. The average Bonchev–Trinajstić information content (AvgIpc) is 2.44. The van der Waals surface area contributed by atoms with Crippen molar-refractivity contribution >= 4 is 27.7 Å². The predicted octanol–water partition coefficient (Wildman–Crippen LogP) is 3.56. The topological polar surface area (TPSA) is 51.2 Å². The Morgan fingerprint density at radius 2 is 2.10 bits per heavy atom. The Bertz CT molecular complexity index is 588. The minimum Gasteiger partial charge on any atom is -0.493 e. The molecule has 5 heteroatoms. The number of hydrogen-bond acceptors (Lipinski definition) is 3. The fraction of sp³-hybridized carbons (Fsp3) is 0.200. The van der Waals surface area contributed by atoms with E-state index in [1.165, 1.54) is 0 Å². The summed E-state index contributed by atoms with van der Waals surface area (Å²) in [4.78, 5) is 15.9. The molecule has 0 aliphatic carbocycles. The number of carbonyl (C=O) groups is 1. The van der Waals surface area contributed by atoms with Crippen LogP contribution in [0.1, 0.15) is 12.0 Å². The van der Waals surface area contributed by atoms with Crippen molar-refractivity contribution in [2.45, 2.75) is 13.3 Å². The molecule has 1 heterocycles. The first-order chi connectivity index (χ1) is 9.65. The summed E-state index contributed by atoms with van der Waals surface area (Å²) >= 11 is 3.37. The largest absolute Gasteiger partial charge is 0.493 e. The number of aryl methyl sites for hydroxylation is 1.